The van der Waals surface area contributed by atoms with Crippen LogP contribution in [0.4, 0.5) is 5.69 Å². The van der Waals surface area contributed by atoms with E-state index >= 15 is 0 Å². The molecule has 1 unspecified atom stereocenters. The molecule has 0 aromatic heterocycles. The van der Waals surface area contributed by atoms with Crippen LogP contribution in [-0.2, 0) is 0 Å². The first-order chi connectivity index (χ1) is 9.29. The summed E-state index contributed by atoms with van der Waals surface area (Å²) in [7, 11) is 0. The zero-order chi connectivity index (χ0) is 14.7. The van der Waals surface area contributed by atoms with Crippen molar-refractivity contribution in [3.05, 3.63) is 29.3 Å². The van der Waals surface area contributed by atoms with Gasteiger partial charge >= 0.3 is 0 Å². The first-order valence-electron chi connectivity index (χ1n) is 7.18. The van der Waals surface area contributed by atoms with Gasteiger partial charge in [0.1, 0.15) is 11.9 Å². The topological polar surface area (TPSA) is 32.5 Å². The van der Waals surface area contributed by atoms with Gasteiger partial charge in [0.25, 0.3) is 5.69 Å². The number of hydrogen-bond donors (Lipinski definition) is 1. The first kappa shape index (κ1) is 13.2. The van der Waals surface area contributed by atoms with Crippen LogP contribution in [0.5, 0.6) is 5.75 Å². The molecule has 0 saturated carbocycles. The van der Waals surface area contributed by atoms with Crippen molar-refractivity contribution in [1.82, 2.24) is 0 Å². The normalized spacial score (nSPS) is 24.4. The van der Waals surface area contributed by atoms with Crippen LogP contribution in [0, 0.1) is 5.41 Å². The van der Waals surface area contributed by atoms with Crippen LogP contribution >= 0.6 is 0 Å². The summed E-state index contributed by atoms with van der Waals surface area (Å²) in [4.78, 5) is 0. The van der Waals surface area contributed by atoms with Crippen molar-refractivity contribution >= 4 is 17.5 Å². The largest absolute Gasteiger partial charge is 0.486 e. The quantitative estimate of drug-likeness (QED) is 0.569. The van der Waals surface area contributed by atoms with Gasteiger partial charge in [0.2, 0.25) is 5.71 Å². The fraction of sp³-hybridized carbons (Fsp3) is 0.471. The Labute approximate surface area is 120 Å². The van der Waals surface area contributed by atoms with E-state index in [0.29, 0.717) is 0 Å². The van der Waals surface area contributed by atoms with E-state index in [-0.39, 0.29) is 17.4 Å². The molecular formula is C17H22NO2+. The average molecular weight is 272 g/mol. The number of hydrogen-bond acceptors (Lipinski definition) is 2. The zero-order valence-electron chi connectivity index (χ0n) is 12.8. The van der Waals surface area contributed by atoms with Crippen LogP contribution in [0.15, 0.2) is 18.2 Å². The number of ether oxygens (including phenoxy) is 1. The monoisotopic (exact) mass is 272 g/mol. The molecule has 3 rings (SSSR count). The molecule has 20 heavy (non-hydrogen) atoms. The summed E-state index contributed by atoms with van der Waals surface area (Å²) >= 11 is 0. The van der Waals surface area contributed by atoms with Crippen molar-refractivity contribution in [3.8, 4) is 5.75 Å². The predicted octanol–water partition coefficient (Wildman–Crippen LogP) is 4.12. The lowest BCUT2D eigenvalue weighted by molar-refractivity contribution is -0.713. The van der Waals surface area contributed by atoms with E-state index in [9.17, 15) is 5.21 Å². The molecule has 106 valence electrons. The summed E-state index contributed by atoms with van der Waals surface area (Å²) in [6.45, 7) is 10.6. The van der Waals surface area contributed by atoms with E-state index in [2.05, 4.69) is 45.9 Å². The Kier molecular flexibility index (Phi) is 2.72. The van der Waals surface area contributed by atoms with E-state index in [1.54, 1.807) is 0 Å². The number of fused-ring (bicyclic) bond motifs is 2. The number of nitrogens with zero attached hydrogens (tertiary/aromatic N) is 1. The van der Waals surface area contributed by atoms with Gasteiger partial charge in [-0.25, -0.2) is 0 Å². The fourth-order valence-corrected chi connectivity index (χ4v) is 3.27. The van der Waals surface area contributed by atoms with Crippen LogP contribution in [0.25, 0.3) is 6.08 Å². The third-order valence-electron chi connectivity index (χ3n) is 4.12. The van der Waals surface area contributed by atoms with Gasteiger partial charge in [-0.15, -0.1) is 0 Å². The second kappa shape index (κ2) is 4.11. The maximum absolute atomic E-state index is 10.5. The zero-order valence-corrected chi connectivity index (χ0v) is 12.8. The third-order valence-corrected chi connectivity index (χ3v) is 4.12. The van der Waals surface area contributed by atoms with Crippen LogP contribution in [0.1, 0.15) is 51.7 Å². The summed E-state index contributed by atoms with van der Waals surface area (Å²) in [6, 6.07) is 4.10. The van der Waals surface area contributed by atoms with Gasteiger partial charge in [-0.1, -0.05) is 26.8 Å². The summed E-state index contributed by atoms with van der Waals surface area (Å²) in [6.07, 6.45) is 4.24. The minimum atomic E-state index is -0.0717. The molecule has 1 aromatic rings. The molecule has 3 nitrogen and oxygen atoms in total. The molecule has 1 N–H and O–H groups in total. The van der Waals surface area contributed by atoms with E-state index in [1.165, 1.54) is 10.3 Å². The molecule has 0 bridgehead atoms. The highest BCUT2D eigenvalue weighted by Crippen LogP contribution is 2.43. The van der Waals surface area contributed by atoms with E-state index in [1.807, 2.05) is 13.0 Å². The maximum Gasteiger partial charge on any atom is 0.264 e. The average Bonchev–Trinajstić information content (AvgIpc) is 2.58. The SMILES string of the molecule is CC1C(C(C)(C)C)=[N+](O)c2cc3c(cc21)C=C[C@@H](C)O3. The standard InChI is InChI=1S/C17H22NO2/c1-10-6-7-12-8-13-11(2)16(17(3,4)5)18(19)14(13)9-15(12)20-10/h6-11,19H,1-5H3/q+1/t10-,11?/m1/s1. The van der Waals surface area contributed by atoms with Gasteiger partial charge in [-0.05, 0) is 26.0 Å². The van der Waals surface area contributed by atoms with Crippen molar-refractivity contribution < 1.29 is 14.7 Å². The van der Waals surface area contributed by atoms with Gasteiger partial charge in [-0.3, -0.25) is 5.21 Å². The summed E-state index contributed by atoms with van der Waals surface area (Å²) in [5.41, 5.74) is 4.07. The van der Waals surface area contributed by atoms with Crippen molar-refractivity contribution in [2.75, 3.05) is 0 Å². The van der Waals surface area contributed by atoms with Crippen LogP contribution in [0.3, 0.4) is 0 Å². The van der Waals surface area contributed by atoms with Crippen molar-refractivity contribution in [1.29, 1.82) is 0 Å². The van der Waals surface area contributed by atoms with E-state index < -0.39 is 0 Å². The second-order valence-electron chi connectivity index (χ2n) is 6.80. The van der Waals surface area contributed by atoms with Crippen LogP contribution in [-0.4, -0.2) is 21.8 Å². The Morgan fingerprint density at radius 1 is 1.20 bits per heavy atom. The lowest BCUT2D eigenvalue weighted by atomic mass is 9.81. The highest BCUT2D eigenvalue weighted by Gasteiger charge is 2.45. The molecule has 0 radical (unpaired) electrons. The molecule has 2 aliphatic rings. The Morgan fingerprint density at radius 3 is 2.55 bits per heavy atom. The smallest absolute Gasteiger partial charge is 0.264 e. The number of rotatable bonds is 0. The fourth-order valence-electron chi connectivity index (χ4n) is 3.27. The Morgan fingerprint density at radius 2 is 1.90 bits per heavy atom. The molecule has 2 heterocycles. The highest BCUT2D eigenvalue weighted by atomic mass is 16.5. The molecule has 0 spiro atoms. The molecule has 0 aliphatic carbocycles. The van der Waals surface area contributed by atoms with Crippen molar-refractivity contribution in [2.24, 2.45) is 5.41 Å². The summed E-state index contributed by atoms with van der Waals surface area (Å²) < 4.78 is 7.18. The summed E-state index contributed by atoms with van der Waals surface area (Å²) in [5.74, 6) is 1.06. The molecule has 0 saturated heterocycles. The minimum absolute atomic E-state index is 0.0717. The van der Waals surface area contributed by atoms with Gasteiger partial charge in [0.05, 0.1) is 12.0 Å². The molecule has 2 atom stereocenters. The molecule has 2 aliphatic heterocycles. The predicted molar refractivity (Wildman–Crippen MR) is 80.1 cm³/mol. The van der Waals surface area contributed by atoms with E-state index in [0.717, 1.165) is 22.7 Å². The van der Waals surface area contributed by atoms with Crippen LogP contribution in [0.2, 0.25) is 0 Å². The molecular weight excluding hydrogens is 250 g/mol. The first-order valence-corrected chi connectivity index (χ1v) is 7.18. The Hall–Kier alpha value is -1.77. The van der Waals surface area contributed by atoms with Gasteiger partial charge in [0, 0.05) is 21.3 Å². The summed E-state index contributed by atoms with van der Waals surface area (Å²) in [5, 5.41) is 10.5. The lowest BCUT2D eigenvalue weighted by Crippen LogP contribution is -2.28. The second-order valence-corrected chi connectivity index (χ2v) is 6.80. The van der Waals surface area contributed by atoms with E-state index in [4.69, 9.17) is 4.74 Å². The highest BCUT2D eigenvalue weighted by molar-refractivity contribution is 5.95. The Balaban J connectivity index is 2.16. The molecule has 1 aromatic carbocycles. The Bertz CT molecular complexity index is 635. The van der Waals surface area contributed by atoms with Gasteiger partial charge in [-0.2, -0.15) is 0 Å². The van der Waals surface area contributed by atoms with Gasteiger partial charge < -0.3 is 4.74 Å². The lowest BCUT2D eigenvalue weighted by Gasteiger charge is -2.19. The maximum atomic E-state index is 10.5. The number of benzene rings is 1. The third kappa shape index (κ3) is 1.84. The van der Waals surface area contributed by atoms with Gasteiger partial charge in [0.15, 0.2) is 0 Å². The molecule has 3 heteroatoms. The minimum Gasteiger partial charge on any atom is -0.486 e. The van der Waals surface area contributed by atoms with Crippen molar-refractivity contribution in [2.45, 2.75) is 46.6 Å². The molecule has 0 fully saturated rings. The van der Waals surface area contributed by atoms with Crippen molar-refractivity contribution in [3.63, 3.8) is 0 Å². The van der Waals surface area contributed by atoms with Crippen LogP contribution < -0.4 is 4.74 Å². The molecule has 0 amide bonds.